The smallest absolute Gasteiger partial charge is 0.249 e. The quantitative estimate of drug-likeness (QED) is 0.917. The lowest BCUT2D eigenvalue weighted by Gasteiger charge is -2.27. The van der Waals surface area contributed by atoms with E-state index in [1.807, 2.05) is 24.3 Å². The SMILES string of the molecule is Cc1ccc(Nc2nncc(N3CCOCC3)n2)cc1. The van der Waals surface area contributed by atoms with Gasteiger partial charge in [0.2, 0.25) is 5.95 Å². The van der Waals surface area contributed by atoms with Gasteiger partial charge in [0.15, 0.2) is 5.82 Å². The van der Waals surface area contributed by atoms with Crippen molar-refractivity contribution in [3.63, 3.8) is 0 Å². The molecule has 0 bridgehead atoms. The average molecular weight is 271 g/mol. The van der Waals surface area contributed by atoms with Gasteiger partial charge in [0.05, 0.1) is 19.4 Å². The lowest BCUT2D eigenvalue weighted by atomic mass is 10.2. The van der Waals surface area contributed by atoms with Crippen LogP contribution in [0.2, 0.25) is 0 Å². The minimum absolute atomic E-state index is 0.512. The minimum Gasteiger partial charge on any atom is -0.378 e. The van der Waals surface area contributed by atoms with Gasteiger partial charge in [-0.25, -0.2) is 0 Å². The highest BCUT2D eigenvalue weighted by Gasteiger charge is 2.13. The van der Waals surface area contributed by atoms with Crippen LogP contribution >= 0.6 is 0 Å². The maximum atomic E-state index is 5.34. The molecule has 0 spiro atoms. The Labute approximate surface area is 117 Å². The topological polar surface area (TPSA) is 63.2 Å². The number of nitrogens with one attached hydrogen (secondary N) is 1. The van der Waals surface area contributed by atoms with E-state index in [1.54, 1.807) is 6.20 Å². The molecule has 1 saturated heterocycles. The number of aryl methyl sites for hydroxylation is 1. The Hall–Kier alpha value is -2.21. The summed E-state index contributed by atoms with van der Waals surface area (Å²) in [6.07, 6.45) is 1.69. The first-order valence-electron chi connectivity index (χ1n) is 6.67. The zero-order chi connectivity index (χ0) is 13.8. The van der Waals surface area contributed by atoms with Crippen molar-refractivity contribution in [2.75, 3.05) is 36.5 Å². The van der Waals surface area contributed by atoms with Crippen LogP contribution in [0.1, 0.15) is 5.56 Å². The van der Waals surface area contributed by atoms with Gasteiger partial charge < -0.3 is 15.0 Å². The fourth-order valence-electron chi connectivity index (χ4n) is 2.06. The first-order chi connectivity index (χ1) is 9.81. The molecule has 0 unspecified atom stereocenters. The average Bonchev–Trinajstić information content (AvgIpc) is 2.51. The number of nitrogens with zero attached hydrogens (tertiary/aromatic N) is 4. The van der Waals surface area contributed by atoms with Crippen molar-refractivity contribution in [2.45, 2.75) is 6.92 Å². The number of hydrogen-bond acceptors (Lipinski definition) is 6. The molecule has 6 nitrogen and oxygen atoms in total. The highest BCUT2D eigenvalue weighted by atomic mass is 16.5. The summed E-state index contributed by atoms with van der Waals surface area (Å²) in [5, 5.41) is 11.2. The Morgan fingerprint density at radius 2 is 1.90 bits per heavy atom. The molecule has 1 N–H and O–H groups in total. The number of rotatable bonds is 3. The zero-order valence-corrected chi connectivity index (χ0v) is 11.4. The van der Waals surface area contributed by atoms with Gasteiger partial charge in [0.1, 0.15) is 0 Å². The van der Waals surface area contributed by atoms with Crippen molar-refractivity contribution >= 4 is 17.5 Å². The van der Waals surface area contributed by atoms with Crippen LogP contribution in [-0.4, -0.2) is 41.5 Å². The predicted octanol–water partition coefficient (Wildman–Crippen LogP) is 1.76. The van der Waals surface area contributed by atoms with E-state index in [9.17, 15) is 0 Å². The molecular weight excluding hydrogens is 254 g/mol. The lowest BCUT2D eigenvalue weighted by molar-refractivity contribution is 0.122. The highest BCUT2D eigenvalue weighted by molar-refractivity contribution is 5.54. The Kier molecular flexibility index (Phi) is 3.73. The normalized spacial score (nSPS) is 15.2. The molecule has 0 radical (unpaired) electrons. The maximum absolute atomic E-state index is 5.34. The van der Waals surface area contributed by atoms with Crippen molar-refractivity contribution in [3.8, 4) is 0 Å². The summed E-state index contributed by atoms with van der Waals surface area (Å²) in [6.45, 7) is 5.18. The van der Waals surface area contributed by atoms with E-state index in [-0.39, 0.29) is 0 Å². The summed E-state index contributed by atoms with van der Waals surface area (Å²) in [4.78, 5) is 6.65. The van der Waals surface area contributed by atoms with Crippen LogP contribution < -0.4 is 10.2 Å². The molecule has 104 valence electrons. The Morgan fingerprint density at radius 3 is 2.65 bits per heavy atom. The van der Waals surface area contributed by atoms with E-state index < -0.39 is 0 Å². The summed E-state index contributed by atoms with van der Waals surface area (Å²) >= 11 is 0. The van der Waals surface area contributed by atoms with Gasteiger partial charge in [0.25, 0.3) is 0 Å². The van der Waals surface area contributed by atoms with E-state index >= 15 is 0 Å². The number of morpholine rings is 1. The van der Waals surface area contributed by atoms with Crippen LogP contribution in [-0.2, 0) is 4.74 Å². The number of anilines is 3. The lowest BCUT2D eigenvalue weighted by Crippen LogP contribution is -2.36. The third kappa shape index (κ3) is 3.03. The van der Waals surface area contributed by atoms with Crippen molar-refractivity contribution < 1.29 is 4.74 Å². The summed E-state index contributed by atoms with van der Waals surface area (Å²) in [7, 11) is 0. The molecular formula is C14H17N5O. The van der Waals surface area contributed by atoms with Gasteiger partial charge in [-0.05, 0) is 19.1 Å². The summed E-state index contributed by atoms with van der Waals surface area (Å²) in [5.74, 6) is 1.34. The number of ether oxygens (including phenoxy) is 1. The molecule has 0 amide bonds. The molecule has 1 aromatic heterocycles. The molecule has 1 aromatic carbocycles. The number of aromatic nitrogens is 3. The third-order valence-electron chi connectivity index (χ3n) is 3.19. The Morgan fingerprint density at radius 1 is 1.15 bits per heavy atom. The molecule has 0 aliphatic carbocycles. The second kappa shape index (κ2) is 5.83. The van der Waals surface area contributed by atoms with Crippen molar-refractivity contribution in [1.82, 2.24) is 15.2 Å². The molecule has 2 heterocycles. The second-order valence-electron chi connectivity index (χ2n) is 4.73. The van der Waals surface area contributed by atoms with E-state index in [2.05, 4.69) is 32.3 Å². The predicted molar refractivity (Wildman–Crippen MR) is 77.3 cm³/mol. The molecule has 3 rings (SSSR count). The zero-order valence-electron chi connectivity index (χ0n) is 11.4. The van der Waals surface area contributed by atoms with Crippen LogP contribution in [0.3, 0.4) is 0 Å². The summed E-state index contributed by atoms with van der Waals surface area (Å²) in [5.41, 5.74) is 2.17. The molecule has 1 aliphatic heterocycles. The first kappa shape index (κ1) is 12.8. The molecule has 0 atom stereocenters. The van der Waals surface area contributed by atoms with Crippen LogP contribution in [0.4, 0.5) is 17.5 Å². The molecule has 6 heteroatoms. The van der Waals surface area contributed by atoms with Gasteiger partial charge in [-0.15, -0.1) is 5.10 Å². The maximum Gasteiger partial charge on any atom is 0.249 e. The monoisotopic (exact) mass is 271 g/mol. The second-order valence-corrected chi connectivity index (χ2v) is 4.73. The Balaban J connectivity index is 1.75. The largest absolute Gasteiger partial charge is 0.378 e. The van der Waals surface area contributed by atoms with E-state index in [0.29, 0.717) is 5.95 Å². The van der Waals surface area contributed by atoms with Gasteiger partial charge >= 0.3 is 0 Å². The van der Waals surface area contributed by atoms with Crippen LogP contribution in [0.15, 0.2) is 30.5 Å². The molecule has 2 aromatic rings. The first-order valence-corrected chi connectivity index (χ1v) is 6.67. The van der Waals surface area contributed by atoms with E-state index in [4.69, 9.17) is 4.74 Å². The summed E-state index contributed by atoms with van der Waals surface area (Å²) < 4.78 is 5.34. The van der Waals surface area contributed by atoms with E-state index in [1.165, 1.54) is 5.56 Å². The van der Waals surface area contributed by atoms with Crippen molar-refractivity contribution in [3.05, 3.63) is 36.0 Å². The summed E-state index contributed by atoms with van der Waals surface area (Å²) in [6, 6.07) is 8.09. The third-order valence-corrected chi connectivity index (χ3v) is 3.19. The van der Waals surface area contributed by atoms with Gasteiger partial charge in [-0.2, -0.15) is 10.1 Å². The Bertz CT molecular complexity index is 566. The van der Waals surface area contributed by atoms with Gasteiger partial charge in [0, 0.05) is 18.8 Å². The number of benzene rings is 1. The number of hydrogen-bond donors (Lipinski definition) is 1. The van der Waals surface area contributed by atoms with E-state index in [0.717, 1.165) is 37.8 Å². The van der Waals surface area contributed by atoms with Crippen LogP contribution in [0, 0.1) is 6.92 Å². The standard InChI is InChI=1S/C14H17N5O/c1-11-2-4-12(5-3-11)16-14-17-13(10-15-18-14)19-6-8-20-9-7-19/h2-5,10H,6-9H2,1H3,(H,16,17,18). The molecule has 1 aliphatic rings. The van der Waals surface area contributed by atoms with Crippen LogP contribution in [0.5, 0.6) is 0 Å². The fourth-order valence-corrected chi connectivity index (χ4v) is 2.06. The minimum atomic E-state index is 0.512. The van der Waals surface area contributed by atoms with Crippen LogP contribution in [0.25, 0.3) is 0 Å². The molecule has 20 heavy (non-hydrogen) atoms. The van der Waals surface area contributed by atoms with Gasteiger partial charge in [-0.3, -0.25) is 0 Å². The fraction of sp³-hybridized carbons (Fsp3) is 0.357. The van der Waals surface area contributed by atoms with Crippen molar-refractivity contribution in [2.24, 2.45) is 0 Å². The van der Waals surface area contributed by atoms with Crippen molar-refractivity contribution in [1.29, 1.82) is 0 Å². The van der Waals surface area contributed by atoms with Gasteiger partial charge in [-0.1, -0.05) is 17.7 Å². The molecule has 1 fully saturated rings. The molecule has 0 saturated carbocycles. The highest BCUT2D eigenvalue weighted by Crippen LogP contribution is 2.16.